The quantitative estimate of drug-likeness (QED) is 0.925. The molecule has 1 aromatic heterocycles. The standard InChI is InChI=1S/C15H16ClN3/c1-11-4-2-3-5-12(11)15(6-7-15)9-18-14-13(16)8-17-10-19-14/h2-5,8,10H,6-7,9H2,1H3,(H,17,18,19). The van der Waals surface area contributed by atoms with Gasteiger partial charge in [-0.25, -0.2) is 9.97 Å². The van der Waals surface area contributed by atoms with Gasteiger partial charge in [0.2, 0.25) is 0 Å². The van der Waals surface area contributed by atoms with Crippen molar-refractivity contribution in [3.05, 3.63) is 52.9 Å². The molecule has 1 fully saturated rings. The molecule has 1 aliphatic carbocycles. The summed E-state index contributed by atoms with van der Waals surface area (Å²) in [6.45, 7) is 3.04. The van der Waals surface area contributed by atoms with Gasteiger partial charge in [-0.2, -0.15) is 0 Å². The Morgan fingerprint density at radius 3 is 2.79 bits per heavy atom. The number of nitrogens with zero attached hydrogens (tertiary/aromatic N) is 2. The van der Waals surface area contributed by atoms with E-state index >= 15 is 0 Å². The normalized spacial score (nSPS) is 16.1. The van der Waals surface area contributed by atoms with Gasteiger partial charge in [0, 0.05) is 12.0 Å². The molecule has 98 valence electrons. The van der Waals surface area contributed by atoms with Gasteiger partial charge in [-0.3, -0.25) is 0 Å². The number of hydrogen-bond donors (Lipinski definition) is 1. The molecule has 1 saturated carbocycles. The predicted octanol–water partition coefficient (Wildman–Crippen LogP) is 3.58. The van der Waals surface area contributed by atoms with Crippen LogP contribution in [0.25, 0.3) is 0 Å². The third-order valence-electron chi connectivity index (χ3n) is 3.83. The van der Waals surface area contributed by atoms with Gasteiger partial charge < -0.3 is 5.32 Å². The predicted molar refractivity (Wildman–Crippen MR) is 77.6 cm³/mol. The fourth-order valence-electron chi connectivity index (χ4n) is 2.56. The Morgan fingerprint density at radius 2 is 2.11 bits per heavy atom. The number of nitrogens with one attached hydrogen (secondary N) is 1. The van der Waals surface area contributed by atoms with E-state index in [1.165, 1.54) is 30.3 Å². The lowest BCUT2D eigenvalue weighted by atomic mass is 9.92. The number of benzene rings is 1. The van der Waals surface area contributed by atoms with E-state index in [0.717, 1.165) is 12.4 Å². The second kappa shape index (κ2) is 4.82. The molecule has 2 aromatic rings. The molecule has 0 saturated heterocycles. The van der Waals surface area contributed by atoms with Crippen molar-refractivity contribution in [1.29, 1.82) is 0 Å². The maximum absolute atomic E-state index is 6.06. The maximum Gasteiger partial charge on any atom is 0.148 e. The lowest BCUT2D eigenvalue weighted by molar-refractivity contribution is 0.724. The number of rotatable bonds is 4. The third-order valence-corrected chi connectivity index (χ3v) is 4.11. The zero-order valence-electron chi connectivity index (χ0n) is 10.9. The van der Waals surface area contributed by atoms with Crippen molar-refractivity contribution < 1.29 is 0 Å². The molecule has 0 spiro atoms. The van der Waals surface area contributed by atoms with Crippen molar-refractivity contribution in [1.82, 2.24) is 9.97 Å². The molecule has 0 unspecified atom stereocenters. The lowest BCUT2D eigenvalue weighted by Crippen LogP contribution is -2.21. The molecule has 3 rings (SSSR count). The van der Waals surface area contributed by atoms with Crippen molar-refractivity contribution in [2.24, 2.45) is 0 Å². The van der Waals surface area contributed by atoms with E-state index in [-0.39, 0.29) is 5.41 Å². The zero-order chi connectivity index (χ0) is 13.3. The average Bonchev–Trinajstić information content (AvgIpc) is 3.19. The van der Waals surface area contributed by atoms with E-state index in [1.807, 2.05) is 0 Å². The topological polar surface area (TPSA) is 37.8 Å². The van der Waals surface area contributed by atoms with Crippen LogP contribution in [-0.2, 0) is 5.41 Å². The van der Waals surface area contributed by atoms with E-state index in [0.29, 0.717) is 5.02 Å². The number of aryl methyl sites for hydroxylation is 1. The SMILES string of the molecule is Cc1ccccc1C1(CNc2ncncc2Cl)CC1. The van der Waals surface area contributed by atoms with Gasteiger partial charge in [0.15, 0.2) is 0 Å². The minimum atomic E-state index is 0.250. The van der Waals surface area contributed by atoms with Crippen LogP contribution in [-0.4, -0.2) is 16.5 Å². The Bertz CT molecular complexity index is 593. The highest BCUT2D eigenvalue weighted by molar-refractivity contribution is 6.32. The molecular formula is C15H16ClN3. The van der Waals surface area contributed by atoms with Gasteiger partial charge in [-0.1, -0.05) is 35.9 Å². The number of hydrogen-bond acceptors (Lipinski definition) is 3. The molecule has 0 aliphatic heterocycles. The largest absolute Gasteiger partial charge is 0.368 e. The van der Waals surface area contributed by atoms with Gasteiger partial charge in [0.1, 0.15) is 17.2 Å². The van der Waals surface area contributed by atoms with Crippen LogP contribution in [0.2, 0.25) is 5.02 Å². The fraction of sp³-hybridized carbons (Fsp3) is 0.333. The maximum atomic E-state index is 6.06. The zero-order valence-corrected chi connectivity index (χ0v) is 11.6. The van der Waals surface area contributed by atoms with Gasteiger partial charge in [-0.05, 0) is 30.9 Å². The first kappa shape index (κ1) is 12.4. The summed E-state index contributed by atoms with van der Waals surface area (Å²) in [5.41, 5.74) is 3.04. The minimum Gasteiger partial charge on any atom is -0.368 e. The van der Waals surface area contributed by atoms with Crippen LogP contribution in [0, 0.1) is 6.92 Å². The molecule has 0 radical (unpaired) electrons. The second-order valence-electron chi connectivity index (χ2n) is 5.17. The minimum absolute atomic E-state index is 0.250. The Hall–Kier alpha value is -1.61. The molecule has 0 atom stereocenters. The van der Waals surface area contributed by atoms with Gasteiger partial charge >= 0.3 is 0 Å². The summed E-state index contributed by atoms with van der Waals surface area (Å²) >= 11 is 6.06. The van der Waals surface area contributed by atoms with E-state index in [9.17, 15) is 0 Å². The number of halogens is 1. The molecule has 4 heteroatoms. The molecule has 1 aliphatic rings. The highest BCUT2D eigenvalue weighted by Crippen LogP contribution is 2.49. The fourth-order valence-corrected chi connectivity index (χ4v) is 2.73. The molecule has 1 aromatic carbocycles. The van der Waals surface area contributed by atoms with E-state index in [1.54, 1.807) is 6.20 Å². The van der Waals surface area contributed by atoms with E-state index in [2.05, 4.69) is 46.5 Å². The molecule has 3 nitrogen and oxygen atoms in total. The van der Waals surface area contributed by atoms with Crippen LogP contribution < -0.4 is 5.32 Å². The molecule has 1 N–H and O–H groups in total. The molecular weight excluding hydrogens is 258 g/mol. The van der Waals surface area contributed by atoms with E-state index in [4.69, 9.17) is 11.6 Å². The Balaban J connectivity index is 1.77. The second-order valence-corrected chi connectivity index (χ2v) is 5.58. The first-order chi connectivity index (χ1) is 9.21. The summed E-state index contributed by atoms with van der Waals surface area (Å²) < 4.78 is 0. The van der Waals surface area contributed by atoms with Gasteiger partial charge in [0.25, 0.3) is 0 Å². The van der Waals surface area contributed by atoms with Crippen LogP contribution in [0.4, 0.5) is 5.82 Å². The van der Waals surface area contributed by atoms with Crippen LogP contribution >= 0.6 is 11.6 Å². The van der Waals surface area contributed by atoms with Crippen molar-refractivity contribution in [2.45, 2.75) is 25.2 Å². The van der Waals surface area contributed by atoms with Gasteiger partial charge in [0.05, 0.1) is 6.20 Å². The Kier molecular flexibility index (Phi) is 3.15. The average molecular weight is 274 g/mol. The van der Waals surface area contributed by atoms with Crippen molar-refractivity contribution in [3.8, 4) is 0 Å². The summed E-state index contributed by atoms with van der Waals surface area (Å²) in [6.07, 6.45) is 5.56. The van der Waals surface area contributed by atoms with Crippen molar-refractivity contribution >= 4 is 17.4 Å². The number of anilines is 1. The highest BCUT2D eigenvalue weighted by atomic mass is 35.5. The lowest BCUT2D eigenvalue weighted by Gasteiger charge is -2.19. The first-order valence-corrected chi connectivity index (χ1v) is 6.85. The summed E-state index contributed by atoms with van der Waals surface area (Å²) in [6, 6.07) is 8.60. The number of aromatic nitrogens is 2. The monoisotopic (exact) mass is 273 g/mol. The van der Waals surface area contributed by atoms with Crippen LogP contribution in [0.5, 0.6) is 0 Å². The van der Waals surface area contributed by atoms with Gasteiger partial charge in [-0.15, -0.1) is 0 Å². The molecule has 0 amide bonds. The molecule has 19 heavy (non-hydrogen) atoms. The van der Waals surface area contributed by atoms with E-state index < -0.39 is 0 Å². The summed E-state index contributed by atoms with van der Waals surface area (Å²) in [5, 5.41) is 3.93. The molecule has 1 heterocycles. The third kappa shape index (κ3) is 2.43. The Morgan fingerprint density at radius 1 is 1.32 bits per heavy atom. The smallest absolute Gasteiger partial charge is 0.148 e. The summed E-state index contributed by atoms with van der Waals surface area (Å²) in [5.74, 6) is 0.719. The first-order valence-electron chi connectivity index (χ1n) is 6.47. The van der Waals surface area contributed by atoms with Crippen LogP contribution in [0.3, 0.4) is 0 Å². The molecule has 0 bridgehead atoms. The highest BCUT2D eigenvalue weighted by Gasteiger charge is 2.44. The summed E-state index contributed by atoms with van der Waals surface area (Å²) in [7, 11) is 0. The van der Waals surface area contributed by atoms with Crippen LogP contribution in [0.1, 0.15) is 24.0 Å². The Labute approximate surface area is 118 Å². The van der Waals surface area contributed by atoms with Crippen molar-refractivity contribution in [2.75, 3.05) is 11.9 Å². The summed E-state index contributed by atoms with van der Waals surface area (Å²) in [4.78, 5) is 8.07. The van der Waals surface area contributed by atoms with Crippen LogP contribution in [0.15, 0.2) is 36.8 Å². The van der Waals surface area contributed by atoms with Crippen molar-refractivity contribution in [3.63, 3.8) is 0 Å².